The predicted octanol–water partition coefficient (Wildman–Crippen LogP) is 5.21. The van der Waals surface area contributed by atoms with Gasteiger partial charge >= 0.3 is 0 Å². The van der Waals surface area contributed by atoms with Crippen molar-refractivity contribution in [3.8, 4) is 17.7 Å². The van der Waals surface area contributed by atoms with Crippen molar-refractivity contribution in [2.75, 3.05) is 13.2 Å². The third kappa shape index (κ3) is 5.18. The molecule has 0 amide bonds. The second-order valence-corrected chi connectivity index (χ2v) is 6.53. The summed E-state index contributed by atoms with van der Waals surface area (Å²) in [6, 6.07) is 25.7. The Morgan fingerprint density at radius 1 is 0.897 bits per heavy atom. The smallest absolute Gasteiger partial charge is 0.176 e. The van der Waals surface area contributed by atoms with E-state index in [0.29, 0.717) is 13.2 Å². The van der Waals surface area contributed by atoms with Gasteiger partial charge in [-0.3, -0.25) is 0 Å². The summed E-state index contributed by atoms with van der Waals surface area (Å²) in [4.78, 5) is 0. The molecule has 0 heterocycles. The second-order valence-electron chi connectivity index (χ2n) is 6.53. The number of nitrogens with zero attached hydrogens (tertiary/aromatic N) is 1. The lowest BCUT2D eigenvalue weighted by atomic mass is 9.88. The number of benzene rings is 3. The largest absolute Gasteiger partial charge is 0.508 e. The van der Waals surface area contributed by atoms with Crippen molar-refractivity contribution in [2.45, 2.75) is 13.3 Å². The molecule has 4 heteroatoms. The topological polar surface area (TPSA) is 65.3 Å². The van der Waals surface area contributed by atoms with Crippen molar-refractivity contribution in [2.24, 2.45) is 0 Å². The molecule has 0 aromatic heterocycles. The molecule has 0 unspecified atom stereocenters. The first-order valence-electron chi connectivity index (χ1n) is 9.66. The average Bonchev–Trinajstić information content (AvgIpc) is 2.77. The third-order valence-corrected chi connectivity index (χ3v) is 4.65. The van der Waals surface area contributed by atoms with Gasteiger partial charge in [-0.05, 0) is 58.5 Å². The van der Waals surface area contributed by atoms with Crippen LogP contribution in [0.3, 0.4) is 0 Å². The molecule has 0 aliphatic carbocycles. The molecule has 2 N–H and O–H groups in total. The van der Waals surface area contributed by atoms with Gasteiger partial charge in [-0.1, -0.05) is 61.5 Å². The predicted molar refractivity (Wildman–Crippen MR) is 116 cm³/mol. The Labute approximate surface area is 171 Å². The number of allylic oxidation sites excluding steroid dienone is 1. The fourth-order valence-electron chi connectivity index (χ4n) is 3.30. The molecule has 0 aliphatic heterocycles. The highest BCUT2D eigenvalue weighted by Gasteiger charge is 2.13. The van der Waals surface area contributed by atoms with E-state index in [2.05, 4.69) is 24.4 Å². The number of ether oxygens (including phenoxy) is 1. The van der Waals surface area contributed by atoms with Crippen molar-refractivity contribution in [3.63, 3.8) is 0 Å². The van der Waals surface area contributed by atoms with Crippen molar-refractivity contribution >= 4 is 11.1 Å². The minimum atomic E-state index is 0.251. The van der Waals surface area contributed by atoms with Crippen LogP contribution in [0.2, 0.25) is 0 Å². The highest BCUT2D eigenvalue weighted by Crippen LogP contribution is 2.35. The van der Waals surface area contributed by atoms with E-state index in [1.807, 2.05) is 60.8 Å². The molecule has 3 rings (SSSR count). The monoisotopic (exact) mass is 384 g/mol. The Morgan fingerprint density at radius 3 is 2.10 bits per heavy atom. The van der Waals surface area contributed by atoms with Crippen LogP contribution in [-0.4, -0.2) is 18.3 Å². The van der Waals surface area contributed by atoms with E-state index < -0.39 is 0 Å². The lowest BCUT2D eigenvalue weighted by molar-refractivity contribution is 0.321. The Balaban J connectivity index is 2.01. The lowest BCUT2D eigenvalue weighted by Crippen LogP contribution is -2.15. The van der Waals surface area contributed by atoms with Gasteiger partial charge in [0.05, 0.1) is 6.54 Å². The number of phenols is 1. The van der Waals surface area contributed by atoms with Crippen LogP contribution < -0.4 is 10.1 Å². The normalized spacial score (nSPS) is 11.3. The maximum Gasteiger partial charge on any atom is 0.176 e. The summed E-state index contributed by atoms with van der Waals surface area (Å²) < 4.78 is 5.67. The zero-order valence-electron chi connectivity index (χ0n) is 16.4. The number of hydrogen-bond donors (Lipinski definition) is 2. The highest BCUT2D eigenvalue weighted by molar-refractivity contribution is 5.98. The fourth-order valence-corrected chi connectivity index (χ4v) is 3.30. The van der Waals surface area contributed by atoms with Gasteiger partial charge in [0.2, 0.25) is 0 Å². The van der Waals surface area contributed by atoms with Gasteiger partial charge in [0.25, 0.3) is 0 Å². The molecule has 0 bridgehead atoms. The summed E-state index contributed by atoms with van der Waals surface area (Å²) in [5, 5.41) is 20.8. The zero-order valence-corrected chi connectivity index (χ0v) is 16.4. The Kier molecular flexibility index (Phi) is 6.91. The van der Waals surface area contributed by atoms with Gasteiger partial charge in [-0.25, -0.2) is 0 Å². The SMILES string of the molecule is CC/C(=C(\c1ccc(O)cc1)c1ccc(OCCNC#N)cc1)c1ccccc1. The summed E-state index contributed by atoms with van der Waals surface area (Å²) in [6.45, 7) is 3.06. The van der Waals surface area contributed by atoms with E-state index >= 15 is 0 Å². The van der Waals surface area contributed by atoms with Crippen LogP contribution in [0.4, 0.5) is 0 Å². The van der Waals surface area contributed by atoms with Crippen molar-refractivity contribution < 1.29 is 9.84 Å². The maximum atomic E-state index is 9.72. The zero-order chi connectivity index (χ0) is 20.5. The summed E-state index contributed by atoms with van der Waals surface area (Å²) in [5.41, 5.74) is 5.69. The minimum Gasteiger partial charge on any atom is -0.508 e. The van der Waals surface area contributed by atoms with Crippen molar-refractivity contribution in [1.29, 1.82) is 5.26 Å². The van der Waals surface area contributed by atoms with Crippen LogP contribution in [0.25, 0.3) is 11.1 Å². The first-order chi connectivity index (χ1) is 14.2. The summed E-state index contributed by atoms with van der Waals surface area (Å²) in [7, 11) is 0. The molecule has 0 saturated heterocycles. The highest BCUT2D eigenvalue weighted by atomic mass is 16.5. The summed E-state index contributed by atoms with van der Waals surface area (Å²) in [6.07, 6.45) is 2.75. The molecule has 0 fully saturated rings. The van der Waals surface area contributed by atoms with Crippen LogP contribution in [0.1, 0.15) is 30.0 Å². The van der Waals surface area contributed by atoms with Gasteiger partial charge in [0.15, 0.2) is 6.19 Å². The molecule has 0 atom stereocenters. The van der Waals surface area contributed by atoms with Crippen LogP contribution >= 0.6 is 0 Å². The molecule has 29 heavy (non-hydrogen) atoms. The lowest BCUT2D eigenvalue weighted by Gasteiger charge is -2.17. The van der Waals surface area contributed by atoms with Gasteiger partial charge < -0.3 is 15.2 Å². The van der Waals surface area contributed by atoms with Crippen LogP contribution in [0, 0.1) is 11.5 Å². The molecule has 4 nitrogen and oxygen atoms in total. The molecule has 3 aromatic carbocycles. The van der Waals surface area contributed by atoms with Gasteiger partial charge in [0, 0.05) is 0 Å². The van der Waals surface area contributed by atoms with Crippen LogP contribution in [0.15, 0.2) is 78.9 Å². The molecular formula is C25H24N2O2. The Hall–Kier alpha value is -3.71. The molecule has 0 spiro atoms. The molecule has 3 aromatic rings. The number of hydrogen-bond acceptors (Lipinski definition) is 4. The van der Waals surface area contributed by atoms with Crippen LogP contribution in [-0.2, 0) is 0 Å². The quantitative estimate of drug-likeness (QED) is 0.242. The van der Waals surface area contributed by atoms with Crippen LogP contribution in [0.5, 0.6) is 11.5 Å². The van der Waals surface area contributed by atoms with Gasteiger partial charge in [-0.2, -0.15) is 5.26 Å². The van der Waals surface area contributed by atoms with E-state index in [-0.39, 0.29) is 5.75 Å². The van der Waals surface area contributed by atoms with E-state index in [1.54, 1.807) is 12.1 Å². The van der Waals surface area contributed by atoms with E-state index in [9.17, 15) is 5.11 Å². The van der Waals surface area contributed by atoms with E-state index in [1.165, 1.54) is 11.1 Å². The number of aromatic hydroxyl groups is 1. The number of nitriles is 1. The first kappa shape index (κ1) is 20.0. The van der Waals surface area contributed by atoms with Crippen molar-refractivity contribution in [1.82, 2.24) is 5.32 Å². The molecule has 0 saturated carbocycles. The standard InChI is InChI=1S/C25H24N2O2/c1-2-24(19-6-4-3-5-7-19)25(20-8-12-22(28)13-9-20)21-10-14-23(15-11-21)29-17-16-27-18-26/h3-15,27-28H,2,16-17H2,1H3/b25-24-. The van der Waals surface area contributed by atoms with E-state index in [0.717, 1.165) is 28.9 Å². The third-order valence-electron chi connectivity index (χ3n) is 4.65. The maximum absolute atomic E-state index is 9.72. The Bertz CT molecular complexity index is 986. The summed E-state index contributed by atoms with van der Waals surface area (Å²) >= 11 is 0. The molecule has 0 aliphatic rings. The fraction of sp³-hybridized carbons (Fsp3) is 0.160. The van der Waals surface area contributed by atoms with Crippen molar-refractivity contribution in [3.05, 3.63) is 95.6 Å². The van der Waals surface area contributed by atoms with Gasteiger partial charge in [-0.15, -0.1) is 0 Å². The number of nitrogens with one attached hydrogen (secondary N) is 1. The average molecular weight is 384 g/mol. The molecule has 0 radical (unpaired) electrons. The number of rotatable bonds is 8. The van der Waals surface area contributed by atoms with E-state index in [4.69, 9.17) is 10.00 Å². The summed E-state index contributed by atoms with van der Waals surface area (Å²) in [5.74, 6) is 1.01. The first-order valence-corrected chi connectivity index (χ1v) is 9.66. The molecule has 146 valence electrons. The molecular weight excluding hydrogens is 360 g/mol. The number of phenolic OH excluding ortho intramolecular Hbond substituents is 1. The Morgan fingerprint density at radius 2 is 1.52 bits per heavy atom. The minimum absolute atomic E-state index is 0.251. The van der Waals surface area contributed by atoms with Gasteiger partial charge in [0.1, 0.15) is 18.1 Å². The second kappa shape index (κ2) is 10.0.